The van der Waals surface area contributed by atoms with Crippen LogP contribution in [0.3, 0.4) is 0 Å². The largest absolute Gasteiger partial charge is 0.465 e. The smallest absolute Gasteiger partial charge is 0.337 e. The number of Topliss-reactive ketones (excluding diaryl/α,β-unsaturated/α-hetero) is 1. The summed E-state index contributed by atoms with van der Waals surface area (Å²) in [6, 6.07) is 6.45. The van der Waals surface area contributed by atoms with Crippen LogP contribution >= 0.6 is 0 Å². The Morgan fingerprint density at radius 2 is 1.71 bits per heavy atom. The number of ketones is 1. The van der Waals surface area contributed by atoms with Gasteiger partial charge in [-0.1, -0.05) is 6.07 Å². The number of benzene rings is 1. The van der Waals surface area contributed by atoms with Crippen molar-refractivity contribution in [1.29, 1.82) is 0 Å². The van der Waals surface area contributed by atoms with Gasteiger partial charge in [0.15, 0.2) is 5.78 Å². The van der Waals surface area contributed by atoms with Gasteiger partial charge in [0.1, 0.15) is 6.61 Å². The Balaban J connectivity index is 1.27. The highest BCUT2D eigenvalue weighted by atomic mass is 16.5. The lowest BCUT2D eigenvalue weighted by Crippen LogP contribution is -2.52. The number of carbonyl (C=O) groups is 3. The summed E-state index contributed by atoms with van der Waals surface area (Å²) in [4.78, 5) is 36.1. The van der Waals surface area contributed by atoms with Crippen molar-refractivity contribution in [2.24, 2.45) is 17.8 Å². The molecule has 0 atom stereocenters. The number of ether oxygens (including phenoxy) is 2. The topological polar surface area (TPSA) is 81.7 Å². The zero-order chi connectivity index (χ0) is 19.7. The monoisotopic (exact) mass is 385 g/mol. The molecule has 1 N–H and O–H groups in total. The van der Waals surface area contributed by atoms with E-state index in [0.29, 0.717) is 11.3 Å². The molecule has 6 heteroatoms. The summed E-state index contributed by atoms with van der Waals surface area (Å²) in [5, 5.41) is 2.66. The lowest BCUT2D eigenvalue weighted by atomic mass is 9.54. The molecule has 0 spiro atoms. The normalized spacial score (nSPS) is 30.1. The number of esters is 1. The van der Waals surface area contributed by atoms with Crippen LogP contribution in [0.25, 0.3) is 0 Å². The van der Waals surface area contributed by atoms with Crippen LogP contribution in [-0.4, -0.2) is 37.0 Å². The van der Waals surface area contributed by atoms with Gasteiger partial charge in [-0.2, -0.15) is 0 Å². The van der Waals surface area contributed by atoms with Crippen LogP contribution in [0, 0.1) is 17.8 Å². The molecule has 6 nitrogen and oxygen atoms in total. The van der Waals surface area contributed by atoms with Crippen LogP contribution in [0.5, 0.6) is 0 Å². The highest BCUT2D eigenvalue weighted by Crippen LogP contribution is 2.57. The molecule has 0 unspecified atom stereocenters. The molecule has 4 bridgehead atoms. The Kier molecular flexibility index (Phi) is 5.23. The van der Waals surface area contributed by atoms with Gasteiger partial charge in [-0.05, 0) is 74.5 Å². The van der Waals surface area contributed by atoms with Crippen molar-refractivity contribution in [3.63, 3.8) is 0 Å². The first kappa shape index (κ1) is 19.1. The van der Waals surface area contributed by atoms with Gasteiger partial charge in [0, 0.05) is 5.69 Å². The van der Waals surface area contributed by atoms with E-state index in [1.165, 1.54) is 32.4 Å². The minimum absolute atomic E-state index is 0.00177. The fourth-order valence-electron chi connectivity index (χ4n) is 5.72. The Bertz CT molecular complexity index is 752. The molecule has 0 saturated heterocycles. The van der Waals surface area contributed by atoms with E-state index in [0.717, 1.165) is 37.0 Å². The number of anilines is 1. The molecule has 150 valence electrons. The van der Waals surface area contributed by atoms with E-state index in [4.69, 9.17) is 4.74 Å². The van der Waals surface area contributed by atoms with Crippen molar-refractivity contribution in [2.45, 2.75) is 50.5 Å². The fourth-order valence-corrected chi connectivity index (χ4v) is 5.72. The molecule has 0 heterocycles. The van der Waals surface area contributed by atoms with Crippen LogP contribution in [0.1, 0.15) is 55.3 Å². The van der Waals surface area contributed by atoms with Gasteiger partial charge in [-0.15, -0.1) is 0 Å². The molecular weight excluding hydrogens is 358 g/mol. The Hall–Kier alpha value is -2.21. The van der Waals surface area contributed by atoms with E-state index in [2.05, 4.69) is 10.1 Å². The zero-order valence-corrected chi connectivity index (χ0v) is 16.2. The number of hydrogen-bond donors (Lipinski definition) is 1. The van der Waals surface area contributed by atoms with Crippen LogP contribution < -0.4 is 5.32 Å². The summed E-state index contributed by atoms with van der Waals surface area (Å²) in [6.07, 6.45) is 6.95. The highest BCUT2D eigenvalue weighted by molar-refractivity contribution is 6.05. The van der Waals surface area contributed by atoms with Crippen molar-refractivity contribution >= 4 is 23.3 Å². The SMILES string of the molecule is COC(=O)c1cccc(NC(=O)CC(=O)COC23CC4CC(CC(C4)C2)C3)c1. The molecule has 1 aromatic carbocycles. The highest BCUT2D eigenvalue weighted by Gasteiger charge is 2.51. The maximum absolute atomic E-state index is 12.3. The summed E-state index contributed by atoms with van der Waals surface area (Å²) in [7, 11) is 1.30. The summed E-state index contributed by atoms with van der Waals surface area (Å²) < 4.78 is 10.8. The van der Waals surface area contributed by atoms with Gasteiger partial charge >= 0.3 is 5.97 Å². The average Bonchev–Trinajstić information content (AvgIpc) is 2.65. The minimum atomic E-state index is -0.476. The molecule has 4 aliphatic rings. The third kappa shape index (κ3) is 4.12. The van der Waals surface area contributed by atoms with Crippen LogP contribution in [-0.2, 0) is 19.1 Å². The predicted molar refractivity (Wildman–Crippen MR) is 103 cm³/mol. The van der Waals surface area contributed by atoms with E-state index in [1.54, 1.807) is 18.2 Å². The third-order valence-corrected chi connectivity index (χ3v) is 6.45. The quantitative estimate of drug-likeness (QED) is 0.575. The summed E-state index contributed by atoms with van der Waals surface area (Å²) in [5.74, 6) is 1.18. The first-order valence-corrected chi connectivity index (χ1v) is 10.1. The number of hydrogen-bond acceptors (Lipinski definition) is 5. The summed E-state index contributed by atoms with van der Waals surface area (Å²) in [5.41, 5.74) is 0.676. The van der Waals surface area contributed by atoms with Crippen molar-refractivity contribution in [3.05, 3.63) is 29.8 Å². The number of rotatable bonds is 7. The first-order valence-electron chi connectivity index (χ1n) is 10.1. The molecule has 1 aromatic rings. The van der Waals surface area contributed by atoms with Crippen LogP contribution in [0.2, 0.25) is 0 Å². The van der Waals surface area contributed by atoms with Gasteiger partial charge in [0.25, 0.3) is 0 Å². The number of carbonyl (C=O) groups excluding carboxylic acids is 3. The molecular formula is C22H27NO5. The maximum atomic E-state index is 12.3. The molecule has 28 heavy (non-hydrogen) atoms. The van der Waals surface area contributed by atoms with Gasteiger partial charge in [-0.3, -0.25) is 9.59 Å². The van der Waals surface area contributed by atoms with Gasteiger partial charge in [0.2, 0.25) is 5.91 Å². The second-order valence-corrected chi connectivity index (χ2v) is 8.73. The number of amides is 1. The van der Waals surface area contributed by atoms with E-state index in [9.17, 15) is 14.4 Å². The Labute approximate surface area is 165 Å². The molecule has 0 aromatic heterocycles. The Morgan fingerprint density at radius 1 is 1.07 bits per heavy atom. The second kappa shape index (κ2) is 7.66. The molecule has 4 aliphatic carbocycles. The lowest BCUT2D eigenvalue weighted by molar-refractivity contribution is -0.169. The van der Waals surface area contributed by atoms with Gasteiger partial charge < -0.3 is 14.8 Å². The molecule has 4 saturated carbocycles. The summed E-state index contributed by atoms with van der Waals surface area (Å²) in [6.45, 7) is 0.00177. The van der Waals surface area contributed by atoms with Crippen LogP contribution in [0.4, 0.5) is 5.69 Å². The predicted octanol–water partition coefficient (Wildman–Crippen LogP) is 3.36. The molecule has 1 amide bonds. The maximum Gasteiger partial charge on any atom is 0.337 e. The minimum Gasteiger partial charge on any atom is -0.465 e. The fraction of sp³-hybridized carbons (Fsp3) is 0.591. The number of nitrogens with one attached hydrogen (secondary N) is 1. The van der Waals surface area contributed by atoms with Gasteiger partial charge in [0.05, 0.1) is 24.7 Å². The third-order valence-electron chi connectivity index (χ3n) is 6.45. The molecule has 0 aliphatic heterocycles. The van der Waals surface area contributed by atoms with E-state index >= 15 is 0 Å². The summed E-state index contributed by atoms with van der Waals surface area (Å²) >= 11 is 0. The molecule has 4 fully saturated rings. The molecule has 0 radical (unpaired) electrons. The Morgan fingerprint density at radius 3 is 2.32 bits per heavy atom. The van der Waals surface area contributed by atoms with Crippen molar-refractivity contribution in [1.82, 2.24) is 0 Å². The lowest BCUT2D eigenvalue weighted by Gasteiger charge is -2.56. The molecule has 5 rings (SSSR count). The zero-order valence-electron chi connectivity index (χ0n) is 16.2. The second-order valence-electron chi connectivity index (χ2n) is 8.73. The number of methoxy groups -OCH3 is 1. The average molecular weight is 385 g/mol. The van der Waals surface area contributed by atoms with E-state index in [-0.39, 0.29) is 24.4 Å². The first-order chi connectivity index (χ1) is 13.4. The van der Waals surface area contributed by atoms with E-state index < -0.39 is 11.9 Å². The van der Waals surface area contributed by atoms with Crippen molar-refractivity contribution in [3.8, 4) is 0 Å². The van der Waals surface area contributed by atoms with E-state index in [1.807, 2.05) is 0 Å². The van der Waals surface area contributed by atoms with Crippen molar-refractivity contribution < 1.29 is 23.9 Å². The van der Waals surface area contributed by atoms with Crippen molar-refractivity contribution in [2.75, 3.05) is 19.0 Å². The van der Waals surface area contributed by atoms with Crippen LogP contribution in [0.15, 0.2) is 24.3 Å². The van der Waals surface area contributed by atoms with Gasteiger partial charge in [-0.25, -0.2) is 4.79 Å². The standard InChI is InChI=1S/C22H27NO5/c1-27-21(26)17-3-2-4-18(8-17)23-20(25)9-19(24)13-28-22-10-14-5-15(11-22)7-16(6-14)12-22/h2-4,8,14-16H,5-7,9-13H2,1H3,(H,23,25).